The zero-order valence-corrected chi connectivity index (χ0v) is 10.2. The molecule has 2 N–H and O–H groups in total. The van der Waals surface area contributed by atoms with E-state index in [9.17, 15) is 0 Å². The fourth-order valence-electron chi connectivity index (χ4n) is 2.15. The van der Waals surface area contributed by atoms with Crippen molar-refractivity contribution in [1.29, 1.82) is 0 Å². The lowest BCUT2D eigenvalue weighted by Crippen LogP contribution is -2.20. The van der Waals surface area contributed by atoms with Crippen LogP contribution in [0.4, 0.5) is 0 Å². The summed E-state index contributed by atoms with van der Waals surface area (Å²) in [6, 6.07) is 8.20. The van der Waals surface area contributed by atoms with Crippen molar-refractivity contribution in [3.8, 4) is 0 Å². The normalized spacial score (nSPS) is 17.2. The Morgan fingerprint density at radius 2 is 1.88 bits per heavy atom. The molecule has 2 rings (SSSR count). The predicted molar refractivity (Wildman–Crippen MR) is 67.5 cm³/mol. The zero-order valence-electron chi connectivity index (χ0n) is 10.2. The molecule has 94 valence electrons. The third kappa shape index (κ3) is 3.80. The highest BCUT2D eigenvalue weighted by Gasteiger charge is 2.13. The lowest BCUT2D eigenvalue weighted by molar-refractivity contribution is 0.0156. The molecular weight excluding hydrogens is 214 g/mol. The van der Waals surface area contributed by atoms with Gasteiger partial charge in [-0.2, -0.15) is 0 Å². The molecule has 0 saturated carbocycles. The zero-order chi connectivity index (χ0) is 11.9. The number of nitrogens with two attached hydrogens (primary N) is 1. The molecule has 1 aliphatic rings. The molecule has 1 saturated heterocycles. The van der Waals surface area contributed by atoms with E-state index in [-0.39, 0.29) is 0 Å². The summed E-state index contributed by atoms with van der Waals surface area (Å²) in [6.07, 6.45) is 2.25. The van der Waals surface area contributed by atoms with Crippen LogP contribution in [0, 0.1) is 5.92 Å². The number of ether oxygens (including phenoxy) is 2. The van der Waals surface area contributed by atoms with Crippen LogP contribution in [0.3, 0.4) is 0 Å². The van der Waals surface area contributed by atoms with E-state index in [1.165, 1.54) is 11.1 Å². The van der Waals surface area contributed by atoms with Crippen molar-refractivity contribution in [1.82, 2.24) is 0 Å². The summed E-state index contributed by atoms with van der Waals surface area (Å²) in [4.78, 5) is 0. The van der Waals surface area contributed by atoms with E-state index in [1.807, 2.05) is 12.1 Å². The molecule has 1 aromatic rings. The highest BCUT2D eigenvalue weighted by molar-refractivity contribution is 5.26. The van der Waals surface area contributed by atoms with Crippen molar-refractivity contribution in [2.45, 2.75) is 26.0 Å². The van der Waals surface area contributed by atoms with Crippen molar-refractivity contribution in [3.63, 3.8) is 0 Å². The van der Waals surface area contributed by atoms with Crippen LogP contribution in [-0.4, -0.2) is 19.8 Å². The Labute approximate surface area is 103 Å². The Hall–Kier alpha value is -0.900. The van der Waals surface area contributed by atoms with Gasteiger partial charge in [-0.05, 0) is 29.9 Å². The maximum Gasteiger partial charge on any atom is 0.0720 e. The van der Waals surface area contributed by atoms with Gasteiger partial charge in [-0.25, -0.2) is 0 Å². The van der Waals surface area contributed by atoms with Gasteiger partial charge >= 0.3 is 0 Å². The lowest BCUT2D eigenvalue weighted by Gasteiger charge is -2.22. The van der Waals surface area contributed by atoms with E-state index in [4.69, 9.17) is 15.2 Å². The Kier molecular flexibility index (Phi) is 4.98. The van der Waals surface area contributed by atoms with Crippen LogP contribution in [0.25, 0.3) is 0 Å². The molecule has 3 heteroatoms. The highest BCUT2D eigenvalue weighted by Crippen LogP contribution is 2.16. The monoisotopic (exact) mass is 235 g/mol. The van der Waals surface area contributed by atoms with Gasteiger partial charge in [-0.1, -0.05) is 24.3 Å². The molecule has 0 atom stereocenters. The largest absolute Gasteiger partial charge is 0.381 e. The highest BCUT2D eigenvalue weighted by atomic mass is 16.5. The molecule has 0 radical (unpaired) electrons. The third-order valence-corrected chi connectivity index (χ3v) is 3.29. The number of hydrogen-bond acceptors (Lipinski definition) is 3. The second-order valence-electron chi connectivity index (χ2n) is 4.54. The van der Waals surface area contributed by atoms with Crippen LogP contribution in [0.1, 0.15) is 24.0 Å². The molecule has 1 aromatic carbocycles. The standard InChI is InChI=1S/C14H21NO2/c15-9-13-3-1-2-4-14(13)11-17-10-12-5-7-16-8-6-12/h1-4,12H,5-11,15H2. The minimum absolute atomic E-state index is 0.580. The molecule has 0 spiro atoms. The first-order valence-electron chi connectivity index (χ1n) is 6.32. The third-order valence-electron chi connectivity index (χ3n) is 3.29. The number of rotatable bonds is 5. The molecule has 17 heavy (non-hydrogen) atoms. The van der Waals surface area contributed by atoms with Gasteiger partial charge < -0.3 is 15.2 Å². The van der Waals surface area contributed by atoms with Gasteiger partial charge in [0.1, 0.15) is 0 Å². The molecule has 0 aliphatic carbocycles. The average molecular weight is 235 g/mol. The van der Waals surface area contributed by atoms with Gasteiger partial charge in [0.15, 0.2) is 0 Å². The van der Waals surface area contributed by atoms with Crippen molar-refractivity contribution >= 4 is 0 Å². The van der Waals surface area contributed by atoms with E-state index in [0.717, 1.165) is 32.7 Å². The topological polar surface area (TPSA) is 44.5 Å². The Morgan fingerprint density at radius 3 is 2.59 bits per heavy atom. The Morgan fingerprint density at radius 1 is 1.18 bits per heavy atom. The van der Waals surface area contributed by atoms with E-state index < -0.39 is 0 Å². The van der Waals surface area contributed by atoms with Crippen LogP contribution in [0.2, 0.25) is 0 Å². The fourth-order valence-corrected chi connectivity index (χ4v) is 2.15. The van der Waals surface area contributed by atoms with Gasteiger partial charge in [0, 0.05) is 19.8 Å². The first-order valence-corrected chi connectivity index (χ1v) is 6.32. The summed E-state index contributed by atoms with van der Waals surface area (Å²) < 4.78 is 11.1. The first kappa shape index (κ1) is 12.6. The molecule has 1 heterocycles. The van der Waals surface area contributed by atoms with Crippen LogP contribution in [-0.2, 0) is 22.6 Å². The van der Waals surface area contributed by atoms with E-state index >= 15 is 0 Å². The first-order chi connectivity index (χ1) is 8.40. The van der Waals surface area contributed by atoms with Gasteiger partial charge in [-0.3, -0.25) is 0 Å². The smallest absolute Gasteiger partial charge is 0.0720 e. The van der Waals surface area contributed by atoms with E-state index in [2.05, 4.69) is 12.1 Å². The van der Waals surface area contributed by atoms with Crippen LogP contribution in [0.5, 0.6) is 0 Å². The van der Waals surface area contributed by atoms with Crippen LogP contribution >= 0.6 is 0 Å². The summed E-state index contributed by atoms with van der Waals surface area (Å²) in [6.45, 7) is 3.85. The number of hydrogen-bond donors (Lipinski definition) is 1. The maximum atomic E-state index is 5.79. The summed E-state index contributed by atoms with van der Waals surface area (Å²) in [5, 5.41) is 0. The van der Waals surface area contributed by atoms with E-state index in [0.29, 0.717) is 19.1 Å². The van der Waals surface area contributed by atoms with Crippen molar-refractivity contribution < 1.29 is 9.47 Å². The Bertz CT molecular complexity index is 335. The quantitative estimate of drug-likeness (QED) is 0.850. The molecular formula is C14H21NO2. The average Bonchev–Trinajstić information content (AvgIpc) is 2.40. The van der Waals surface area contributed by atoms with Crippen molar-refractivity contribution in [2.24, 2.45) is 11.7 Å². The van der Waals surface area contributed by atoms with Crippen molar-refractivity contribution in [3.05, 3.63) is 35.4 Å². The minimum atomic E-state index is 0.580. The van der Waals surface area contributed by atoms with Gasteiger partial charge in [0.25, 0.3) is 0 Å². The SMILES string of the molecule is NCc1ccccc1COCC1CCOCC1. The summed E-state index contributed by atoms with van der Waals surface area (Å²) in [7, 11) is 0. The molecule has 0 bridgehead atoms. The molecule has 3 nitrogen and oxygen atoms in total. The molecule has 0 amide bonds. The van der Waals surface area contributed by atoms with Gasteiger partial charge in [0.05, 0.1) is 13.2 Å². The van der Waals surface area contributed by atoms with Gasteiger partial charge in [-0.15, -0.1) is 0 Å². The lowest BCUT2D eigenvalue weighted by atomic mass is 10.0. The summed E-state index contributed by atoms with van der Waals surface area (Å²) in [5.41, 5.74) is 8.08. The number of benzene rings is 1. The summed E-state index contributed by atoms with van der Waals surface area (Å²) >= 11 is 0. The maximum absolute atomic E-state index is 5.79. The second-order valence-corrected chi connectivity index (χ2v) is 4.54. The van der Waals surface area contributed by atoms with Gasteiger partial charge in [0.2, 0.25) is 0 Å². The van der Waals surface area contributed by atoms with Crippen LogP contribution in [0.15, 0.2) is 24.3 Å². The second kappa shape index (κ2) is 6.74. The molecule has 1 fully saturated rings. The summed E-state index contributed by atoms with van der Waals surface area (Å²) in [5.74, 6) is 0.661. The van der Waals surface area contributed by atoms with Crippen LogP contribution < -0.4 is 5.73 Å². The van der Waals surface area contributed by atoms with Crippen molar-refractivity contribution in [2.75, 3.05) is 19.8 Å². The molecule has 1 aliphatic heterocycles. The minimum Gasteiger partial charge on any atom is -0.381 e. The molecule has 0 unspecified atom stereocenters. The molecule has 0 aromatic heterocycles. The fraction of sp³-hybridized carbons (Fsp3) is 0.571. The Balaban J connectivity index is 1.77. The predicted octanol–water partition coefficient (Wildman–Crippen LogP) is 2.09. The van der Waals surface area contributed by atoms with E-state index in [1.54, 1.807) is 0 Å².